The first-order valence-corrected chi connectivity index (χ1v) is 4.35. The lowest BCUT2D eigenvalue weighted by molar-refractivity contribution is -0.269. The summed E-state index contributed by atoms with van der Waals surface area (Å²) < 4.78 is 61.8. The number of carbonyl (C=O) groups excluding carboxylic acids is 1. The van der Waals surface area contributed by atoms with E-state index in [0.717, 1.165) is 0 Å². The number of halogens is 5. The highest BCUT2D eigenvalue weighted by atomic mass is 19.4. The number of amides is 1. The molecule has 0 fully saturated rings. The molecule has 0 saturated heterocycles. The van der Waals surface area contributed by atoms with Gasteiger partial charge in [-0.3, -0.25) is 4.79 Å². The van der Waals surface area contributed by atoms with E-state index in [1.54, 1.807) is 0 Å². The smallest absolute Gasteiger partial charge is 0.343 e. The number of hydrogen-bond acceptors (Lipinski definition) is 2. The van der Waals surface area contributed by atoms with Crippen LogP contribution >= 0.6 is 0 Å². The minimum atomic E-state index is -5.90. The Balaban J connectivity index is 2.65. The van der Waals surface area contributed by atoms with Gasteiger partial charge in [0, 0.05) is 19.4 Å². The van der Waals surface area contributed by atoms with E-state index >= 15 is 0 Å². The quantitative estimate of drug-likeness (QED) is 0.828. The van der Waals surface area contributed by atoms with Crippen molar-refractivity contribution >= 4 is 5.91 Å². The molecule has 0 aliphatic rings. The predicted octanol–water partition coefficient (Wildman–Crippen LogP) is 1.23. The molecule has 1 N–H and O–H groups in total. The molecule has 1 rings (SSSR count). The van der Waals surface area contributed by atoms with E-state index in [1.165, 1.54) is 29.3 Å². The number of carbonyl (C=O) groups is 1. The minimum Gasteiger partial charge on any atom is -0.343 e. The fraction of sp³-hybridized carbons (Fsp3) is 0.500. The zero-order valence-corrected chi connectivity index (χ0v) is 8.55. The topological polar surface area (TPSA) is 46.9 Å². The monoisotopic (exact) mass is 257 g/mol. The lowest BCUT2D eigenvalue weighted by Crippen LogP contribution is -2.50. The SMILES string of the molecule is Cn1ccnc1CNC(=O)C(F)(F)C(F)(F)F. The van der Waals surface area contributed by atoms with Crippen LogP contribution < -0.4 is 5.32 Å². The zero-order chi connectivity index (χ0) is 13.3. The Morgan fingerprint density at radius 2 is 2.00 bits per heavy atom. The van der Waals surface area contributed by atoms with E-state index in [0.29, 0.717) is 0 Å². The summed E-state index contributed by atoms with van der Waals surface area (Å²) in [6, 6.07) is 0. The molecule has 1 amide bonds. The summed E-state index contributed by atoms with van der Waals surface area (Å²) in [7, 11) is 1.51. The molecule has 0 bridgehead atoms. The van der Waals surface area contributed by atoms with Crippen LogP contribution in [0, 0.1) is 0 Å². The van der Waals surface area contributed by atoms with Crippen molar-refractivity contribution in [2.24, 2.45) is 7.05 Å². The third-order valence-electron chi connectivity index (χ3n) is 1.97. The molecular formula is C8H8F5N3O. The second kappa shape index (κ2) is 4.30. The highest BCUT2D eigenvalue weighted by Gasteiger charge is 2.63. The van der Waals surface area contributed by atoms with Crippen molar-refractivity contribution in [1.82, 2.24) is 14.9 Å². The van der Waals surface area contributed by atoms with Gasteiger partial charge in [-0.2, -0.15) is 22.0 Å². The van der Waals surface area contributed by atoms with E-state index in [4.69, 9.17) is 0 Å². The number of nitrogens with one attached hydrogen (secondary N) is 1. The number of rotatable bonds is 3. The van der Waals surface area contributed by atoms with Gasteiger partial charge in [-0.05, 0) is 0 Å². The lowest BCUT2D eigenvalue weighted by atomic mass is 10.3. The van der Waals surface area contributed by atoms with Crippen molar-refractivity contribution in [3.05, 3.63) is 18.2 Å². The Labute approximate surface area is 92.4 Å². The molecule has 1 heterocycles. The van der Waals surface area contributed by atoms with E-state index in [1.807, 2.05) is 0 Å². The standard InChI is InChI=1S/C8H8F5N3O/c1-16-3-2-14-5(16)4-15-6(17)7(9,10)8(11,12)13/h2-3H,4H2,1H3,(H,15,17). The van der Waals surface area contributed by atoms with E-state index < -0.39 is 24.6 Å². The predicted molar refractivity (Wildman–Crippen MR) is 46.1 cm³/mol. The fourth-order valence-electron chi connectivity index (χ4n) is 0.966. The average Bonchev–Trinajstić information content (AvgIpc) is 2.58. The van der Waals surface area contributed by atoms with E-state index in [-0.39, 0.29) is 5.82 Å². The number of hydrogen-bond donors (Lipinski definition) is 1. The van der Waals surface area contributed by atoms with Crippen molar-refractivity contribution in [1.29, 1.82) is 0 Å². The molecule has 0 saturated carbocycles. The Morgan fingerprint density at radius 1 is 1.41 bits per heavy atom. The first kappa shape index (κ1) is 13.4. The van der Waals surface area contributed by atoms with Crippen molar-refractivity contribution in [3.8, 4) is 0 Å². The summed E-state index contributed by atoms with van der Waals surface area (Å²) in [4.78, 5) is 14.4. The van der Waals surface area contributed by atoms with E-state index in [9.17, 15) is 26.7 Å². The third-order valence-corrected chi connectivity index (χ3v) is 1.97. The van der Waals surface area contributed by atoms with Crippen molar-refractivity contribution in [2.75, 3.05) is 0 Å². The minimum absolute atomic E-state index is 0.163. The summed E-state index contributed by atoms with van der Waals surface area (Å²) in [6.45, 7) is -0.506. The Kier molecular flexibility index (Phi) is 3.39. The van der Waals surface area contributed by atoms with Gasteiger partial charge >= 0.3 is 18.0 Å². The first-order chi connectivity index (χ1) is 7.66. The van der Waals surface area contributed by atoms with Gasteiger partial charge in [-0.25, -0.2) is 4.98 Å². The van der Waals surface area contributed by atoms with Gasteiger partial charge in [0.15, 0.2) is 0 Å². The van der Waals surface area contributed by atoms with Crippen LogP contribution in [-0.2, 0) is 18.4 Å². The molecule has 0 aromatic carbocycles. The number of aromatic nitrogens is 2. The molecule has 0 aliphatic heterocycles. The van der Waals surface area contributed by atoms with Crippen LogP contribution in [0.5, 0.6) is 0 Å². The van der Waals surface area contributed by atoms with Gasteiger partial charge in [0.2, 0.25) is 0 Å². The molecule has 4 nitrogen and oxygen atoms in total. The summed E-state index contributed by atoms with van der Waals surface area (Å²) in [5, 5.41) is 1.48. The number of imidazole rings is 1. The molecule has 96 valence electrons. The molecule has 9 heteroatoms. The molecular weight excluding hydrogens is 249 g/mol. The zero-order valence-electron chi connectivity index (χ0n) is 8.55. The Hall–Kier alpha value is -1.67. The molecule has 0 unspecified atom stereocenters. The van der Waals surface area contributed by atoms with Crippen molar-refractivity contribution in [2.45, 2.75) is 18.6 Å². The second-order valence-electron chi connectivity index (χ2n) is 3.21. The molecule has 17 heavy (non-hydrogen) atoms. The van der Waals surface area contributed by atoms with Crippen LogP contribution in [0.15, 0.2) is 12.4 Å². The largest absolute Gasteiger partial charge is 0.463 e. The maximum Gasteiger partial charge on any atom is 0.463 e. The summed E-state index contributed by atoms with van der Waals surface area (Å²) in [5.74, 6) is -7.64. The van der Waals surface area contributed by atoms with Crippen molar-refractivity contribution in [3.63, 3.8) is 0 Å². The van der Waals surface area contributed by atoms with Gasteiger partial charge in [0.1, 0.15) is 5.82 Å². The molecule has 0 spiro atoms. The highest BCUT2D eigenvalue weighted by Crippen LogP contribution is 2.35. The third kappa shape index (κ3) is 2.71. The summed E-state index contributed by atoms with van der Waals surface area (Å²) in [6.07, 6.45) is -3.12. The summed E-state index contributed by atoms with van der Waals surface area (Å²) in [5.41, 5.74) is 0. The number of alkyl halides is 5. The lowest BCUT2D eigenvalue weighted by Gasteiger charge is -2.18. The number of nitrogens with zero attached hydrogens (tertiary/aromatic N) is 2. The first-order valence-electron chi connectivity index (χ1n) is 4.35. The van der Waals surface area contributed by atoms with Crippen LogP contribution in [0.1, 0.15) is 5.82 Å². The molecule has 1 aromatic heterocycles. The van der Waals surface area contributed by atoms with Gasteiger partial charge in [0.05, 0.1) is 6.54 Å². The molecule has 0 aliphatic carbocycles. The van der Waals surface area contributed by atoms with E-state index in [2.05, 4.69) is 4.98 Å². The maximum absolute atomic E-state index is 12.5. The molecule has 0 atom stereocenters. The van der Waals surface area contributed by atoms with Crippen molar-refractivity contribution < 1.29 is 26.7 Å². The van der Waals surface area contributed by atoms with Gasteiger partial charge in [0.25, 0.3) is 0 Å². The Bertz CT molecular complexity index is 412. The van der Waals surface area contributed by atoms with Gasteiger partial charge in [-0.15, -0.1) is 0 Å². The second-order valence-corrected chi connectivity index (χ2v) is 3.21. The summed E-state index contributed by atoms with van der Waals surface area (Å²) >= 11 is 0. The average molecular weight is 257 g/mol. The molecule has 1 aromatic rings. The van der Waals surface area contributed by atoms with Crippen LogP contribution in [0.3, 0.4) is 0 Å². The highest BCUT2D eigenvalue weighted by molar-refractivity contribution is 5.84. The number of aryl methyl sites for hydroxylation is 1. The Morgan fingerprint density at radius 3 is 2.41 bits per heavy atom. The molecule has 0 radical (unpaired) electrons. The van der Waals surface area contributed by atoms with Crippen LogP contribution in [0.4, 0.5) is 22.0 Å². The fourth-order valence-corrected chi connectivity index (χ4v) is 0.966. The maximum atomic E-state index is 12.5. The van der Waals surface area contributed by atoms with Crippen LogP contribution in [0.2, 0.25) is 0 Å². The van der Waals surface area contributed by atoms with Crippen LogP contribution in [0.25, 0.3) is 0 Å². The van der Waals surface area contributed by atoms with Crippen LogP contribution in [-0.4, -0.2) is 27.6 Å². The van der Waals surface area contributed by atoms with Gasteiger partial charge < -0.3 is 9.88 Å². The normalized spacial score (nSPS) is 12.6. The van der Waals surface area contributed by atoms with Gasteiger partial charge in [-0.1, -0.05) is 0 Å².